The number of ketones is 1. The summed E-state index contributed by atoms with van der Waals surface area (Å²) in [7, 11) is 0. The van der Waals surface area contributed by atoms with E-state index in [1.807, 2.05) is 13.8 Å². The van der Waals surface area contributed by atoms with Crippen LogP contribution in [0.25, 0.3) is 0 Å². The topological polar surface area (TPSA) is 72.5 Å². The highest BCUT2D eigenvalue weighted by Crippen LogP contribution is 2.13. The molecule has 0 aliphatic carbocycles. The Kier molecular flexibility index (Phi) is 8.20. The number of amides is 1. The second-order valence-corrected chi connectivity index (χ2v) is 8.05. The summed E-state index contributed by atoms with van der Waals surface area (Å²) in [4.78, 5) is 37.1. The first-order valence-corrected chi connectivity index (χ1v) is 9.95. The quantitative estimate of drug-likeness (QED) is 0.453. The Balaban J connectivity index is 1.99. The Morgan fingerprint density at radius 1 is 1.00 bits per heavy atom. The summed E-state index contributed by atoms with van der Waals surface area (Å²) in [6.45, 7) is 3.48. The van der Waals surface area contributed by atoms with Crippen LogP contribution in [0.3, 0.4) is 0 Å². The standard InChI is InChI=1S/C21H21BrClNO4/c1-13(2)11-18(24-20(26)15-5-9-17(23)10-6-15)21(27)28-12-19(25)14-3-7-16(22)8-4-14/h3-10,13,18H,11-12H2,1-2H3,(H,24,26)/t18-/m0/s1. The van der Waals surface area contributed by atoms with E-state index in [9.17, 15) is 14.4 Å². The number of hydrogen-bond acceptors (Lipinski definition) is 4. The second kappa shape index (κ2) is 10.4. The van der Waals surface area contributed by atoms with E-state index in [0.717, 1.165) is 4.47 Å². The molecule has 0 saturated heterocycles. The smallest absolute Gasteiger partial charge is 0.329 e. The molecule has 1 N–H and O–H groups in total. The SMILES string of the molecule is CC(C)C[C@H](NC(=O)c1ccc(Cl)cc1)C(=O)OCC(=O)c1ccc(Br)cc1. The van der Waals surface area contributed by atoms with Crippen LogP contribution in [-0.4, -0.2) is 30.3 Å². The Hall–Kier alpha value is -2.18. The molecule has 1 atom stereocenters. The molecule has 28 heavy (non-hydrogen) atoms. The van der Waals surface area contributed by atoms with Crippen molar-refractivity contribution < 1.29 is 19.1 Å². The number of rotatable bonds is 8. The molecule has 0 spiro atoms. The molecule has 5 nitrogen and oxygen atoms in total. The van der Waals surface area contributed by atoms with Gasteiger partial charge in [-0.2, -0.15) is 0 Å². The van der Waals surface area contributed by atoms with Gasteiger partial charge in [-0.3, -0.25) is 9.59 Å². The van der Waals surface area contributed by atoms with E-state index in [4.69, 9.17) is 16.3 Å². The van der Waals surface area contributed by atoms with Crippen molar-refractivity contribution in [2.75, 3.05) is 6.61 Å². The van der Waals surface area contributed by atoms with Gasteiger partial charge in [0, 0.05) is 20.6 Å². The van der Waals surface area contributed by atoms with Gasteiger partial charge in [-0.05, 0) is 48.7 Å². The number of hydrogen-bond donors (Lipinski definition) is 1. The lowest BCUT2D eigenvalue weighted by Gasteiger charge is -2.19. The molecule has 0 fully saturated rings. The summed E-state index contributed by atoms with van der Waals surface area (Å²) < 4.78 is 6.02. The van der Waals surface area contributed by atoms with Crippen molar-refractivity contribution in [2.45, 2.75) is 26.3 Å². The molecule has 0 heterocycles. The maximum atomic E-state index is 12.5. The van der Waals surface area contributed by atoms with Crippen LogP contribution in [-0.2, 0) is 9.53 Å². The largest absolute Gasteiger partial charge is 0.456 e. The highest BCUT2D eigenvalue weighted by Gasteiger charge is 2.25. The minimum absolute atomic E-state index is 0.144. The molecule has 0 bridgehead atoms. The number of ether oxygens (including phenoxy) is 1. The first-order chi connectivity index (χ1) is 13.3. The fourth-order valence-electron chi connectivity index (χ4n) is 2.48. The zero-order valence-corrected chi connectivity index (χ0v) is 17.9. The molecule has 1 amide bonds. The van der Waals surface area contributed by atoms with Crippen LogP contribution in [0.2, 0.25) is 5.02 Å². The van der Waals surface area contributed by atoms with E-state index in [0.29, 0.717) is 22.6 Å². The Bertz CT molecular complexity index is 834. The lowest BCUT2D eigenvalue weighted by molar-refractivity contribution is -0.145. The van der Waals surface area contributed by atoms with Gasteiger partial charge in [-0.1, -0.05) is 53.5 Å². The average molecular weight is 467 g/mol. The first kappa shape index (κ1) is 22.1. The molecular formula is C21H21BrClNO4. The summed E-state index contributed by atoms with van der Waals surface area (Å²) in [6, 6.07) is 12.3. The van der Waals surface area contributed by atoms with Crippen LogP contribution >= 0.6 is 27.5 Å². The number of halogens is 2. The van der Waals surface area contributed by atoms with Crippen molar-refractivity contribution in [3.8, 4) is 0 Å². The number of nitrogens with one attached hydrogen (secondary N) is 1. The zero-order chi connectivity index (χ0) is 20.7. The third kappa shape index (κ3) is 6.77. The lowest BCUT2D eigenvalue weighted by atomic mass is 10.0. The molecular weight excluding hydrogens is 446 g/mol. The van der Waals surface area contributed by atoms with Crippen LogP contribution in [0.4, 0.5) is 0 Å². The zero-order valence-electron chi connectivity index (χ0n) is 15.6. The maximum Gasteiger partial charge on any atom is 0.329 e. The van der Waals surface area contributed by atoms with Gasteiger partial charge in [0.15, 0.2) is 12.4 Å². The van der Waals surface area contributed by atoms with Crippen LogP contribution in [0.5, 0.6) is 0 Å². The predicted octanol–water partition coefficient (Wildman–Crippen LogP) is 4.67. The molecule has 0 unspecified atom stereocenters. The summed E-state index contributed by atoms with van der Waals surface area (Å²) in [5, 5.41) is 3.20. The molecule has 2 aromatic carbocycles. The highest BCUT2D eigenvalue weighted by molar-refractivity contribution is 9.10. The fourth-order valence-corrected chi connectivity index (χ4v) is 2.88. The maximum absolute atomic E-state index is 12.5. The minimum atomic E-state index is -0.846. The van der Waals surface area contributed by atoms with E-state index in [2.05, 4.69) is 21.2 Å². The van der Waals surface area contributed by atoms with Crippen molar-refractivity contribution in [1.82, 2.24) is 5.32 Å². The Labute approximate surface area is 177 Å². The first-order valence-electron chi connectivity index (χ1n) is 8.78. The Morgan fingerprint density at radius 3 is 2.14 bits per heavy atom. The van der Waals surface area contributed by atoms with Gasteiger partial charge in [-0.25, -0.2) is 4.79 Å². The van der Waals surface area contributed by atoms with Crippen LogP contribution in [0.1, 0.15) is 41.0 Å². The number of esters is 1. The number of benzene rings is 2. The molecule has 0 radical (unpaired) electrons. The minimum Gasteiger partial charge on any atom is -0.456 e. The van der Waals surface area contributed by atoms with Gasteiger partial charge in [0.1, 0.15) is 6.04 Å². The van der Waals surface area contributed by atoms with Crippen LogP contribution in [0.15, 0.2) is 53.0 Å². The summed E-state index contributed by atoms with van der Waals surface area (Å²) >= 11 is 9.13. The van der Waals surface area contributed by atoms with E-state index in [1.165, 1.54) is 0 Å². The molecule has 2 aromatic rings. The predicted molar refractivity (Wildman–Crippen MR) is 112 cm³/mol. The summed E-state index contributed by atoms with van der Waals surface area (Å²) in [6.07, 6.45) is 0.393. The molecule has 0 aliphatic rings. The molecule has 0 aliphatic heterocycles. The van der Waals surface area contributed by atoms with E-state index < -0.39 is 17.9 Å². The molecule has 0 aromatic heterocycles. The number of Topliss-reactive ketones (excluding diaryl/α,β-unsaturated/α-hetero) is 1. The normalized spacial score (nSPS) is 11.8. The number of carbonyl (C=O) groups excluding carboxylic acids is 3. The lowest BCUT2D eigenvalue weighted by Crippen LogP contribution is -2.43. The molecule has 2 rings (SSSR count). The van der Waals surface area contributed by atoms with Crippen LogP contribution in [0, 0.1) is 5.92 Å². The summed E-state index contributed by atoms with van der Waals surface area (Å²) in [5.41, 5.74) is 0.832. The monoisotopic (exact) mass is 465 g/mol. The van der Waals surface area contributed by atoms with E-state index in [1.54, 1.807) is 48.5 Å². The van der Waals surface area contributed by atoms with Crippen molar-refractivity contribution in [3.05, 3.63) is 69.2 Å². The van der Waals surface area contributed by atoms with E-state index >= 15 is 0 Å². The highest BCUT2D eigenvalue weighted by atomic mass is 79.9. The second-order valence-electron chi connectivity index (χ2n) is 6.70. The third-order valence-electron chi connectivity index (χ3n) is 3.92. The number of carbonyl (C=O) groups is 3. The van der Waals surface area contributed by atoms with Gasteiger partial charge < -0.3 is 10.1 Å². The van der Waals surface area contributed by atoms with Crippen molar-refractivity contribution in [2.24, 2.45) is 5.92 Å². The van der Waals surface area contributed by atoms with Crippen molar-refractivity contribution >= 4 is 45.2 Å². The third-order valence-corrected chi connectivity index (χ3v) is 4.70. The molecule has 0 saturated carbocycles. The van der Waals surface area contributed by atoms with Gasteiger partial charge in [0.05, 0.1) is 0 Å². The van der Waals surface area contributed by atoms with Gasteiger partial charge in [0.25, 0.3) is 5.91 Å². The summed E-state index contributed by atoms with van der Waals surface area (Å²) in [5.74, 6) is -1.21. The average Bonchev–Trinajstić information content (AvgIpc) is 2.66. The molecule has 7 heteroatoms. The van der Waals surface area contributed by atoms with Gasteiger partial charge >= 0.3 is 5.97 Å². The van der Waals surface area contributed by atoms with E-state index in [-0.39, 0.29) is 18.3 Å². The van der Waals surface area contributed by atoms with Gasteiger partial charge in [0.2, 0.25) is 0 Å². The fraction of sp³-hybridized carbons (Fsp3) is 0.286. The molecule has 148 valence electrons. The van der Waals surface area contributed by atoms with Crippen LogP contribution < -0.4 is 5.32 Å². The van der Waals surface area contributed by atoms with Crippen molar-refractivity contribution in [1.29, 1.82) is 0 Å². The van der Waals surface area contributed by atoms with Crippen molar-refractivity contribution in [3.63, 3.8) is 0 Å². The van der Waals surface area contributed by atoms with Gasteiger partial charge in [-0.15, -0.1) is 0 Å². The Morgan fingerprint density at radius 2 is 1.57 bits per heavy atom.